The molecule has 0 amide bonds. The summed E-state index contributed by atoms with van der Waals surface area (Å²) in [5.41, 5.74) is 11.4. The molecule has 0 spiro atoms. The largest absolute Gasteiger partial charge is 0.356 e. The summed E-state index contributed by atoms with van der Waals surface area (Å²) in [6, 6.07) is 223. The lowest BCUT2D eigenvalue weighted by atomic mass is 10.2. The highest BCUT2D eigenvalue weighted by Gasteiger charge is 2.60. The molecule has 6 nitrogen and oxygen atoms in total. The molecular weight excluding hydrogens is 1870 g/mol. The van der Waals surface area contributed by atoms with Crippen molar-refractivity contribution in [3.8, 4) is 0 Å². The molecule has 5 aliphatic rings. The third-order valence-electron chi connectivity index (χ3n) is 30.3. The van der Waals surface area contributed by atoms with Crippen LogP contribution in [0.1, 0.15) is 0 Å². The number of nitrogens with one attached hydrogen (secondary N) is 1. The molecule has 0 fully saturated rings. The lowest BCUT2D eigenvalue weighted by Gasteiger charge is -2.52. The predicted molar refractivity (Wildman–Crippen MR) is 629 cm³/mol. The zero-order chi connectivity index (χ0) is 96.8. The second-order valence-electron chi connectivity index (χ2n) is 37.5. The molecule has 22 aromatic carbocycles. The van der Waals surface area contributed by atoms with E-state index in [1.165, 1.54) is 143 Å². The van der Waals surface area contributed by atoms with Crippen molar-refractivity contribution in [2.45, 2.75) is 0 Å². The SMILES string of the molecule is O=P(c1ccccc1)(N1c2ccccc2[Si](c2ccccc2)(c2ccccc2)c2ccccc21)N1c2ccccc2[Si](c2ccccc2)(c2ccccc2)c2ccccc21.c1ccc(P(N2c3ccccc3[Si](c3ccccc3)(c3ccccc3)c3ccccc32)N2c3ccccc3[Si](c3ccccc3)(c3ccccc3)c3ccccc32)cc1.c1ccc([Si]2(c3ccccc3)c3ccccc3Nc3ccccc32)cc1. The van der Waals surface area contributed by atoms with Gasteiger partial charge in [0.25, 0.3) is 0 Å². The standard InChI is InChI=1S/C54H41N2OPSi2.C54H41N2PSi2.C24H19NSi/c57-58(42-24-6-1-7-25-42,55-47-34-16-20-38-51(47)59(43-26-8-2-9-27-43,44-28-10-3-11-29-44)52-39-21-17-35-48(52)55)56-49-36-18-22-40-53(49)60(45-30-12-4-13-31-45,46-32-14-5-15-33-46)54-41-23-19-37-50(54)56;1-6-24-42(25-7-1)57(55-47-34-16-20-38-51(47)58(43-26-8-2-9-27-43,44-28-10-3-11-29-44)52-39-21-17-35-48(52)55)56-49-36-18-22-40-53(49)59(45-30-12-4-13-31-45,46-32-14-5-15-33-46)54-41-23-19-37-50(54)56;1-3-11-19(12-4-1)26(20-13-5-2-6-14-20)23-17-9-7-15-21(23)25-22-16-8-10-18-24(22)26/h1-41H;1-41H;1-18,25H. The van der Waals surface area contributed by atoms with Crippen molar-refractivity contribution in [2.75, 3.05) is 24.0 Å². The molecule has 0 aromatic heterocycles. The third-order valence-corrected chi connectivity index (χ3v) is 59.9. The van der Waals surface area contributed by atoms with E-state index >= 15 is 4.57 Å². The smallest absolute Gasteiger partial charge is 0.301 e. The van der Waals surface area contributed by atoms with Gasteiger partial charge in [0, 0.05) is 62.2 Å². The number of nitrogens with zero attached hydrogens (tertiary/aromatic N) is 4. The summed E-state index contributed by atoms with van der Waals surface area (Å²) in [7, 11) is -19.1. The zero-order valence-electron chi connectivity index (χ0n) is 79.8. The summed E-state index contributed by atoms with van der Waals surface area (Å²) in [6.07, 6.45) is 0. The summed E-state index contributed by atoms with van der Waals surface area (Å²) in [5.74, 6) is 0. The summed E-state index contributed by atoms with van der Waals surface area (Å²) in [4.78, 5) is 0. The summed E-state index contributed by atoms with van der Waals surface area (Å²) in [6.45, 7) is 0. The lowest BCUT2D eigenvalue weighted by Crippen LogP contribution is -2.78. The van der Waals surface area contributed by atoms with Crippen LogP contribution in [0.4, 0.5) is 56.9 Å². The van der Waals surface area contributed by atoms with Crippen molar-refractivity contribution >= 4 is 227 Å². The van der Waals surface area contributed by atoms with Crippen LogP contribution in [0.25, 0.3) is 0 Å². The van der Waals surface area contributed by atoms with Gasteiger partial charge in [0.1, 0.15) is 8.22 Å². The van der Waals surface area contributed by atoms with Gasteiger partial charge >= 0.3 is 7.44 Å². The molecule has 145 heavy (non-hydrogen) atoms. The van der Waals surface area contributed by atoms with Crippen LogP contribution in [-0.4, -0.2) is 40.4 Å². The Balaban J connectivity index is 0.000000122. The Morgan fingerprint density at radius 3 is 0.524 bits per heavy atom. The summed E-state index contributed by atoms with van der Waals surface area (Å²) < 4.78 is 28.0. The van der Waals surface area contributed by atoms with E-state index in [1.54, 1.807) is 0 Å². The molecule has 13 heteroatoms. The molecule has 5 aliphatic heterocycles. The zero-order valence-corrected chi connectivity index (χ0v) is 86.6. The van der Waals surface area contributed by atoms with Crippen molar-refractivity contribution in [3.05, 3.63) is 607 Å². The molecule has 0 saturated heterocycles. The molecule has 0 atom stereocenters. The fraction of sp³-hybridized carbons (Fsp3) is 0. The first-order chi connectivity index (χ1) is 71.9. The average Bonchev–Trinajstić information content (AvgIpc) is 0.663. The maximum Gasteiger partial charge on any atom is 0.301 e. The second kappa shape index (κ2) is 38.1. The highest BCUT2D eigenvalue weighted by molar-refractivity contribution is 7.75. The molecule has 0 saturated carbocycles. The van der Waals surface area contributed by atoms with Crippen LogP contribution in [0.15, 0.2) is 607 Å². The molecule has 5 heterocycles. The van der Waals surface area contributed by atoms with Gasteiger partial charge in [-0.25, -0.2) is 0 Å². The second-order valence-corrected chi connectivity index (χ2v) is 60.5. The minimum Gasteiger partial charge on any atom is -0.356 e. The van der Waals surface area contributed by atoms with Gasteiger partial charge in [-0.3, -0.25) is 23.2 Å². The quantitative estimate of drug-likeness (QED) is 0.0768. The first-order valence-corrected chi connectivity index (χ1v) is 62.8. The minimum atomic E-state index is -3.92. The Kier molecular flexibility index (Phi) is 23.6. The Bertz CT molecular complexity index is 7690. The van der Waals surface area contributed by atoms with E-state index in [1.807, 2.05) is 18.2 Å². The van der Waals surface area contributed by atoms with Gasteiger partial charge in [-0.05, 0) is 177 Å². The lowest BCUT2D eigenvalue weighted by molar-refractivity contribution is 0.581. The van der Waals surface area contributed by atoms with Crippen LogP contribution in [0.3, 0.4) is 0 Å². The van der Waals surface area contributed by atoms with Gasteiger partial charge in [0.15, 0.2) is 40.4 Å². The predicted octanol–water partition coefficient (Wildman–Crippen LogP) is 18.4. The van der Waals surface area contributed by atoms with Crippen LogP contribution in [0, 0.1) is 0 Å². The van der Waals surface area contributed by atoms with Crippen LogP contribution in [0.5, 0.6) is 0 Å². The van der Waals surface area contributed by atoms with E-state index < -0.39 is 56.0 Å². The molecule has 22 aromatic rings. The number of hydrogen-bond acceptors (Lipinski definition) is 4. The average molecular weight is 1980 g/mol. The van der Waals surface area contributed by atoms with E-state index in [0.29, 0.717) is 0 Å². The maximum absolute atomic E-state index is 18.0. The monoisotopic (exact) mass is 1970 g/mol. The van der Waals surface area contributed by atoms with Crippen LogP contribution >= 0.6 is 15.7 Å². The molecule has 0 radical (unpaired) electrons. The summed E-state index contributed by atoms with van der Waals surface area (Å²) >= 11 is 0. The van der Waals surface area contributed by atoms with Crippen molar-refractivity contribution in [1.82, 2.24) is 0 Å². The Morgan fingerprint density at radius 2 is 0.310 bits per heavy atom. The van der Waals surface area contributed by atoms with E-state index in [9.17, 15) is 0 Å². The van der Waals surface area contributed by atoms with E-state index in [4.69, 9.17) is 0 Å². The molecule has 690 valence electrons. The highest BCUT2D eigenvalue weighted by Crippen LogP contribution is 2.64. The summed E-state index contributed by atoms with van der Waals surface area (Å²) in [5, 5.41) is 32.7. The molecule has 0 aliphatic carbocycles. The fourth-order valence-corrected chi connectivity index (χ4v) is 56.5. The Morgan fingerprint density at radius 1 is 0.159 bits per heavy atom. The van der Waals surface area contributed by atoms with Crippen LogP contribution in [-0.2, 0) is 4.57 Å². The van der Waals surface area contributed by atoms with E-state index in [0.717, 1.165) is 28.1 Å². The molecule has 0 unspecified atom stereocenters. The minimum absolute atomic E-state index is 0.765. The van der Waals surface area contributed by atoms with E-state index in [-0.39, 0.29) is 0 Å². The van der Waals surface area contributed by atoms with Gasteiger partial charge < -0.3 is 5.32 Å². The topological polar surface area (TPSA) is 42.1 Å². The van der Waals surface area contributed by atoms with Gasteiger partial charge in [-0.15, -0.1) is 0 Å². The van der Waals surface area contributed by atoms with Gasteiger partial charge in [0.05, 0.1) is 5.30 Å². The van der Waals surface area contributed by atoms with Gasteiger partial charge in [0.2, 0.25) is 0 Å². The normalized spacial score (nSPS) is 14.4. The number of para-hydroxylation sites is 10. The van der Waals surface area contributed by atoms with Gasteiger partial charge in [-0.2, -0.15) is 0 Å². The highest BCUT2D eigenvalue weighted by atomic mass is 31.2. The molecule has 27 rings (SSSR count). The number of benzene rings is 22. The van der Waals surface area contributed by atoms with Crippen molar-refractivity contribution in [2.24, 2.45) is 0 Å². The Hall–Kier alpha value is -16.4. The fourth-order valence-electron chi connectivity index (χ4n) is 24.7. The van der Waals surface area contributed by atoms with Crippen LogP contribution < -0.4 is 138 Å². The Labute approximate surface area is 855 Å². The molecule has 0 bridgehead atoms. The number of hydrogen-bond donors (Lipinski definition) is 1. The molecular formula is C132H101N5OP2Si5. The number of rotatable bonds is 16. The van der Waals surface area contributed by atoms with Crippen LogP contribution in [0.2, 0.25) is 0 Å². The van der Waals surface area contributed by atoms with Crippen molar-refractivity contribution in [1.29, 1.82) is 0 Å². The van der Waals surface area contributed by atoms with Gasteiger partial charge in [-0.1, -0.05) is 534 Å². The molecule has 1 N–H and O–H groups in total. The van der Waals surface area contributed by atoms with Crippen molar-refractivity contribution < 1.29 is 4.57 Å². The first kappa shape index (κ1) is 89.9. The maximum atomic E-state index is 18.0. The third kappa shape index (κ3) is 14.3. The first-order valence-electron chi connectivity index (χ1n) is 49.9. The van der Waals surface area contributed by atoms with Crippen molar-refractivity contribution in [3.63, 3.8) is 0 Å². The number of anilines is 10. The number of fused-ring (bicyclic) bond motifs is 10. The van der Waals surface area contributed by atoms with E-state index in [2.05, 4.69) is 612 Å².